The van der Waals surface area contributed by atoms with Crippen LogP contribution in [0.15, 0.2) is 24.3 Å². The van der Waals surface area contributed by atoms with Crippen LogP contribution in [-0.4, -0.2) is 18.7 Å². The van der Waals surface area contributed by atoms with Crippen molar-refractivity contribution in [2.75, 3.05) is 13.7 Å². The fourth-order valence-electron chi connectivity index (χ4n) is 1.75. The van der Waals surface area contributed by atoms with Crippen LogP contribution < -0.4 is 9.47 Å². The molecule has 0 amide bonds. The van der Waals surface area contributed by atoms with Gasteiger partial charge in [0, 0.05) is 11.5 Å². The van der Waals surface area contributed by atoms with Gasteiger partial charge in [0.15, 0.2) is 0 Å². The minimum absolute atomic E-state index is 0.618. The first-order valence-corrected chi connectivity index (χ1v) is 5.33. The van der Waals surface area contributed by atoms with Crippen molar-refractivity contribution in [3.05, 3.63) is 29.8 Å². The fraction of sp³-hybridized carbons (Fsp3) is 0.308. The van der Waals surface area contributed by atoms with E-state index in [1.165, 1.54) is 0 Å². The second-order valence-electron chi connectivity index (χ2n) is 3.57. The zero-order valence-electron chi connectivity index (χ0n) is 9.78. The second kappa shape index (κ2) is 4.39. The van der Waals surface area contributed by atoms with E-state index in [9.17, 15) is 0 Å². The van der Waals surface area contributed by atoms with Crippen molar-refractivity contribution in [2.45, 2.75) is 13.8 Å². The summed E-state index contributed by atoms with van der Waals surface area (Å²) >= 11 is 0. The molecular formula is C13H15NO2. The van der Waals surface area contributed by atoms with Crippen molar-refractivity contribution < 1.29 is 9.47 Å². The topological polar surface area (TPSA) is 31.4 Å². The highest BCUT2D eigenvalue weighted by atomic mass is 16.5. The first kappa shape index (κ1) is 10.7. The monoisotopic (exact) mass is 217 g/mol. The predicted molar refractivity (Wildman–Crippen MR) is 64.2 cm³/mol. The van der Waals surface area contributed by atoms with Crippen LogP contribution in [0.2, 0.25) is 0 Å². The van der Waals surface area contributed by atoms with E-state index in [0.717, 1.165) is 22.2 Å². The van der Waals surface area contributed by atoms with Gasteiger partial charge in [-0.1, -0.05) is 12.1 Å². The van der Waals surface area contributed by atoms with E-state index in [-0.39, 0.29) is 0 Å². The van der Waals surface area contributed by atoms with Crippen LogP contribution >= 0.6 is 0 Å². The first-order chi connectivity index (χ1) is 7.76. The number of rotatable bonds is 3. The lowest BCUT2D eigenvalue weighted by Gasteiger charge is -2.09. The van der Waals surface area contributed by atoms with Crippen molar-refractivity contribution in [1.82, 2.24) is 4.98 Å². The molecule has 84 valence electrons. The molecular weight excluding hydrogens is 202 g/mol. The van der Waals surface area contributed by atoms with E-state index >= 15 is 0 Å². The molecule has 0 N–H and O–H groups in total. The van der Waals surface area contributed by atoms with Gasteiger partial charge in [-0.2, -0.15) is 0 Å². The average molecular weight is 217 g/mol. The molecule has 16 heavy (non-hydrogen) atoms. The number of pyridine rings is 1. The Morgan fingerprint density at radius 1 is 1.31 bits per heavy atom. The lowest BCUT2D eigenvalue weighted by Crippen LogP contribution is -1.97. The molecule has 0 radical (unpaired) electrons. The number of hydrogen-bond acceptors (Lipinski definition) is 3. The van der Waals surface area contributed by atoms with E-state index in [4.69, 9.17) is 9.47 Å². The third-order valence-corrected chi connectivity index (χ3v) is 2.50. The van der Waals surface area contributed by atoms with Crippen LogP contribution in [0.4, 0.5) is 0 Å². The molecule has 0 saturated heterocycles. The number of nitrogens with zero attached hydrogens (tertiary/aromatic N) is 1. The van der Waals surface area contributed by atoms with E-state index in [2.05, 4.69) is 4.98 Å². The highest BCUT2D eigenvalue weighted by Crippen LogP contribution is 2.28. The quantitative estimate of drug-likeness (QED) is 0.792. The first-order valence-electron chi connectivity index (χ1n) is 5.33. The average Bonchev–Trinajstić information content (AvgIpc) is 2.29. The van der Waals surface area contributed by atoms with Gasteiger partial charge in [0.05, 0.1) is 13.7 Å². The van der Waals surface area contributed by atoms with Gasteiger partial charge in [-0.3, -0.25) is 0 Å². The fourth-order valence-corrected chi connectivity index (χ4v) is 1.75. The summed E-state index contributed by atoms with van der Waals surface area (Å²) in [6.45, 7) is 4.61. The molecule has 2 aromatic rings. The molecule has 1 aromatic carbocycles. The van der Waals surface area contributed by atoms with Gasteiger partial charge in [0.1, 0.15) is 11.3 Å². The molecule has 1 aromatic heterocycles. The molecule has 0 aliphatic rings. The van der Waals surface area contributed by atoms with E-state index in [1.807, 2.05) is 38.1 Å². The van der Waals surface area contributed by atoms with Crippen LogP contribution in [-0.2, 0) is 0 Å². The van der Waals surface area contributed by atoms with E-state index in [1.54, 1.807) is 7.11 Å². The number of fused-ring (bicyclic) bond motifs is 1. The molecule has 0 aliphatic carbocycles. The number of hydrogen-bond donors (Lipinski definition) is 0. The zero-order chi connectivity index (χ0) is 11.5. The zero-order valence-corrected chi connectivity index (χ0v) is 9.78. The highest BCUT2D eigenvalue weighted by molar-refractivity contribution is 5.87. The van der Waals surface area contributed by atoms with Crippen molar-refractivity contribution in [1.29, 1.82) is 0 Å². The van der Waals surface area contributed by atoms with Crippen molar-refractivity contribution in [3.8, 4) is 11.6 Å². The maximum atomic E-state index is 5.43. The maximum Gasteiger partial charge on any atom is 0.214 e. The van der Waals surface area contributed by atoms with Crippen molar-refractivity contribution in [3.63, 3.8) is 0 Å². The smallest absolute Gasteiger partial charge is 0.214 e. The number of ether oxygens (including phenoxy) is 2. The SMILES string of the molecule is CCOc1cc(C)c2cccc(OC)c2n1. The summed E-state index contributed by atoms with van der Waals surface area (Å²) in [5.41, 5.74) is 2.00. The minimum Gasteiger partial charge on any atom is -0.494 e. The Bertz CT molecular complexity index is 509. The van der Waals surface area contributed by atoms with Gasteiger partial charge in [-0.05, 0) is 25.5 Å². The van der Waals surface area contributed by atoms with E-state index in [0.29, 0.717) is 12.5 Å². The standard InChI is InChI=1S/C13H15NO2/c1-4-16-12-8-9(2)10-6-5-7-11(15-3)13(10)14-12/h5-8H,4H2,1-3H3. The van der Waals surface area contributed by atoms with Crippen LogP contribution in [0.5, 0.6) is 11.6 Å². The molecule has 0 aliphatic heterocycles. The Kier molecular flexibility index (Phi) is 2.95. The number of aromatic nitrogens is 1. The van der Waals surface area contributed by atoms with Gasteiger partial charge in [0.25, 0.3) is 0 Å². The van der Waals surface area contributed by atoms with Gasteiger partial charge in [0.2, 0.25) is 5.88 Å². The van der Waals surface area contributed by atoms with Crippen molar-refractivity contribution in [2.24, 2.45) is 0 Å². The summed E-state index contributed by atoms with van der Waals surface area (Å²) in [4.78, 5) is 4.45. The summed E-state index contributed by atoms with van der Waals surface area (Å²) in [6, 6.07) is 7.86. The Labute approximate surface area is 95.0 Å². The lowest BCUT2D eigenvalue weighted by atomic mass is 10.1. The van der Waals surface area contributed by atoms with E-state index < -0.39 is 0 Å². The molecule has 2 rings (SSSR count). The third kappa shape index (κ3) is 1.81. The summed E-state index contributed by atoms with van der Waals surface area (Å²) < 4.78 is 10.7. The molecule has 0 bridgehead atoms. The Balaban J connectivity index is 2.67. The second-order valence-corrected chi connectivity index (χ2v) is 3.57. The predicted octanol–water partition coefficient (Wildman–Crippen LogP) is 2.95. The Morgan fingerprint density at radius 2 is 2.12 bits per heavy atom. The molecule has 0 fully saturated rings. The molecule has 1 heterocycles. The van der Waals surface area contributed by atoms with Crippen LogP contribution in [0.25, 0.3) is 10.9 Å². The van der Waals surface area contributed by atoms with Gasteiger partial charge in [-0.25, -0.2) is 4.98 Å². The molecule has 0 unspecified atom stereocenters. The number of benzene rings is 1. The normalized spacial score (nSPS) is 10.4. The Morgan fingerprint density at radius 3 is 2.81 bits per heavy atom. The summed E-state index contributed by atoms with van der Waals surface area (Å²) in [5.74, 6) is 1.43. The number of aryl methyl sites for hydroxylation is 1. The van der Waals surface area contributed by atoms with Crippen LogP contribution in [0, 0.1) is 6.92 Å². The number of methoxy groups -OCH3 is 1. The highest BCUT2D eigenvalue weighted by Gasteiger charge is 2.07. The molecule has 3 nitrogen and oxygen atoms in total. The van der Waals surface area contributed by atoms with Gasteiger partial charge < -0.3 is 9.47 Å². The minimum atomic E-state index is 0.618. The molecule has 3 heteroatoms. The van der Waals surface area contributed by atoms with Crippen LogP contribution in [0.3, 0.4) is 0 Å². The van der Waals surface area contributed by atoms with Crippen LogP contribution in [0.1, 0.15) is 12.5 Å². The largest absolute Gasteiger partial charge is 0.494 e. The van der Waals surface area contributed by atoms with Crippen molar-refractivity contribution >= 4 is 10.9 Å². The third-order valence-electron chi connectivity index (χ3n) is 2.50. The molecule has 0 atom stereocenters. The summed E-state index contributed by atoms with van der Waals surface area (Å²) in [6.07, 6.45) is 0. The summed E-state index contributed by atoms with van der Waals surface area (Å²) in [7, 11) is 1.65. The lowest BCUT2D eigenvalue weighted by molar-refractivity contribution is 0.327. The maximum absolute atomic E-state index is 5.43. The van der Waals surface area contributed by atoms with Gasteiger partial charge in [-0.15, -0.1) is 0 Å². The molecule has 0 spiro atoms. The number of para-hydroxylation sites is 1. The Hall–Kier alpha value is -1.77. The summed E-state index contributed by atoms with van der Waals surface area (Å²) in [5, 5.41) is 1.10. The van der Waals surface area contributed by atoms with Gasteiger partial charge >= 0.3 is 0 Å². The molecule has 0 saturated carbocycles.